The minimum absolute atomic E-state index is 0.0217. The first-order valence-electron chi connectivity index (χ1n) is 9.39. The van der Waals surface area contributed by atoms with Crippen LogP contribution in [0.4, 0.5) is 15.9 Å². The Bertz CT molecular complexity index is 1130. The molecule has 8 heteroatoms. The number of anilines is 1. The second kappa shape index (κ2) is 7.43. The van der Waals surface area contributed by atoms with E-state index in [-0.39, 0.29) is 11.8 Å². The van der Waals surface area contributed by atoms with E-state index < -0.39 is 5.82 Å². The minimum Gasteiger partial charge on any atom is -0.490 e. The molecule has 0 amide bonds. The number of rotatable bonds is 1. The number of hydrogen-bond acceptors (Lipinski definition) is 5. The van der Waals surface area contributed by atoms with Crippen molar-refractivity contribution in [3.05, 3.63) is 65.5 Å². The van der Waals surface area contributed by atoms with Crippen LogP contribution in [0.3, 0.4) is 0 Å². The monoisotopic (exact) mass is 392 g/mol. The summed E-state index contributed by atoms with van der Waals surface area (Å²) < 4.78 is 22.1. The summed E-state index contributed by atoms with van der Waals surface area (Å²) in [5, 5.41) is 7.60. The molecule has 7 nitrogen and oxygen atoms in total. The first kappa shape index (κ1) is 18.7. The van der Waals surface area contributed by atoms with Gasteiger partial charge in [0.05, 0.1) is 24.9 Å². The maximum absolute atomic E-state index is 14.4. The average molecular weight is 392 g/mol. The van der Waals surface area contributed by atoms with Crippen molar-refractivity contribution in [1.29, 1.82) is 0 Å². The molecular formula is C21H21FN6O. The molecule has 1 aliphatic heterocycles. The van der Waals surface area contributed by atoms with Crippen LogP contribution >= 0.6 is 0 Å². The van der Waals surface area contributed by atoms with Gasteiger partial charge in [0.25, 0.3) is 0 Å². The van der Waals surface area contributed by atoms with Gasteiger partial charge in [-0.25, -0.2) is 18.7 Å². The number of nitrogens with zero attached hydrogens (tertiary/aromatic N) is 5. The highest BCUT2D eigenvalue weighted by molar-refractivity contribution is 5.74. The van der Waals surface area contributed by atoms with E-state index in [0.29, 0.717) is 48.1 Å². The minimum atomic E-state index is -0.552. The number of ether oxygens (including phenoxy) is 1. The van der Waals surface area contributed by atoms with Crippen molar-refractivity contribution in [2.75, 3.05) is 18.0 Å². The quantitative estimate of drug-likeness (QED) is 0.639. The smallest absolute Gasteiger partial charge is 0.230 e. The van der Waals surface area contributed by atoms with Gasteiger partial charge in [0.15, 0.2) is 5.65 Å². The molecule has 3 heterocycles. The fourth-order valence-corrected chi connectivity index (χ4v) is 3.39. The number of fused-ring (bicyclic) bond motifs is 2. The van der Waals surface area contributed by atoms with Crippen LogP contribution in [0, 0.1) is 12.4 Å². The lowest BCUT2D eigenvalue weighted by Crippen LogP contribution is -2.28. The van der Waals surface area contributed by atoms with Gasteiger partial charge in [-0.15, -0.1) is 0 Å². The first-order valence-corrected chi connectivity index (χ1v) is 9.39. The maximum atomic E-state index is 14.4. The summed E-state index contributed by atoms with van der Waals surface area (Å²) in [5.74, 6) is 0.649. The van der Waals surface area contributed by atoms with Crippen molar-refractivity contribution in [3.63, 3.8) is 0 Å². The zero-order chi connectivity index (χ0) is 20.5. The Kier molecular flexibility index (Phi) is 4.80. The molecule has 1 N–H and O–H groups in total. The number of halogens is 1. The van der Waals surface area contributed by atoms with Crippen LogP contribution in [-0.2, 0) is 6.54 Å². The van der Waals surface area contributed by atoms with Gasteiger partial charge in [0, 0.05) is 30.5 Å². The fourth-order valence-electron chi connectivity index (χ4n) is 3.39. The number of nitrogens with one attached hydrogen (secondary N) is 1. The topological polar surface area (TPSA) is 59.1 Å². The van der Waals surface area contributed by atoms with Gasteiger partial charge in [-0.05, 0) is 32.0 Å². The largest absolute Gasteiger partial charge is 0.490 e. The van der Waals surface area contributed by atoms with Gasteiger partial charge in [-0.3, -0.25) is 0 Å². The molecule has 4 rings (SSSR count). The normalized spacial score (nSPS) is 16.8. The van der Waals surface area contributed by atoms with Crippen LogP contribution in [0.1, 0.15) is 25.0 Å². The van der Waals surface area contributed by atoms with Crippen molar-refractivity contribution in [2.24, 2.45) is 0 Å². The Labute approximate surface area is 168 Å². The Balaban J connectivity index is 1.90. The fraction of sp³-hybridized carbons (Fsp3) is 0.286. The van der Waals surface area contributed by atoms with E-state index in [4.69, 9.17) is 16.3 Å². The molecule has 0 saturated heterocycles. The second-order valence-electron chi connectivity index (χ2n) is 6.90. The number of benzene rings is 1. The lowest BCUT2D eigenvalue weighted by Gasteiger charge is -2.25. The highest BCUT2D eigenvalue weighted by Crippen LogP contribution is 2.35. The number of aromatic nitrogens is 3. The Morgan fingerprint density at radius 2 is 2.24 bits per heavy atom. The molecule has 1 aromatic carbocycles. The molecule has 148 valence electrons. The lowest BCUT2D eigenvalue weighted by atomic mass is 10.1. The Morgan fingerprint density at radius 1 is 1.41 bits per heavy atom. The predicted molar refractivity (Wildman–Crippen MR) is 109 cm³/mol. The van der Waals surface area contributed by atoms with Crippen LogP contribution in [0.25, 0.3) is 16.2 Å². The van der Waals surface area contributed by atoms with E-state index in [9.17, 15) is 4.39 Å². The molecule has 29 heavy (non-hydrogen) atoms. The predicted octanol–water partition coefficient (Wildman–Crippen LogP) is 3.79. The van der Waals surface area contributed by atoms with Crippen molar-refractivity contribution < 1.29 is 9.13 Å². The van der Waals surface area contributed by atoms with Crippen molar-refractivity contribution in [3.8, 4) is 5.75 Å². The molecule has 0 aliphatic carbocycles. The van der Waals surface area contributed by atoms with Crippen LogP contribution in [-0.4, -0.2) is 33.8 Å². The highest BCUT2D eigenvalue weighted by atomic mass is 19.1. The highest BCUT2D eigenvalue weighted by Gasteiger charge is 2.21. The summed E-state index contributed by atoms with van der Waals surface area (Å²) in [6.45, 7) is 16.9. The summed E-state index contributed by atoms with van der Waals surface area (Å²) in [6, 6.07) is 4.72. The molecule has 0 spiro atoms. The van der Waals surface area contributed by atoms with Crippen molar-refractivity contribution >= 4 is 22.8 Å². The van der Waals surface area contributed by atoms with Gasteiger partial charge < -0.3 is 15.0 Å². The van der Waals surface area contributed by atoms with Gasteiger partial charge in [-0.1, -0.05) is 6.58 Å². The molecule has 1 atom stereocenters. The van der Waals surface area contributed by atoms with Gasteiger partial charge >= 0.3 is 0 Å². The summed E-state index contributed by atoms with van der Waals surface area (Å²) in [7, 11) is 0. The molecule has 2 bridgehead atoms. The molecule has 0 saturated carbocycles. The lowest BCUT2D eigenvalue weighted by molar-refractivity contribution is 0.221. The van der Waals surface area contributed by atoms with Crippen molar-refractivity contribution in [1.82, 2.24) is 19.9 Å². The van der Waals surface area contributed by atoms with Gasteiger partial charge in [0.2, 0.25) is 5.69 Å². The van der Waals surface area contributed by atoms with E-state index in [1.54, 1.807) is 16.8 Å². The molecule has 3 aromatic rings. The summed E-state index contributed by atoms with van der Waals surface area (Å²) in [5.41, 5.74) is 2.67. The second-order valence-corrected chi connectivity index (χ2v) is 6.90. The Hall–Kier alpha value is -3.60. The van der Waals surface area contributed by atoms with Crippen molar-refractivity contribution in [2.45, 2.75) is 26.5 Å². The molecule has 2 aromatic heterocycles. The molecule has 0 fully saturated rings. The van der Waals surface area contributed by atoms with E-state index in [2.05, 4.69) is 21.8 Å². The van der Waals surface area contributed by atoms with Gasteiger partial charge in [-0.2, -0.15) is 5.10 Å². The SMILES string of the molecule is [C-]#[N+]c1c(F)ccc2c1CN(CC)c1ccn3ncc(c3n1)C(=C)NC[C@H](C)O2. The summed E-state index contributed by atoms with van der Waals surface area (Å²) in [4.78, 5) is 10.2. The Morgan fingerprint density at radius 3 is 3.00 bits per heavy atom. The standard InChI is InChI=1S/C21H21FN6O/c1-5-27-12-16-18(7-6-17(22)20(16)23-4)29-13(2)10-24-14(3)15-11-25-28-9-8-19(27)26-21(15)28/h6-9,11,13,24H,3,5,10,12H2,1-2H3/t13-/m0/s1. The van der Waals surface area contributed by atoms with Crippen LogP contribution in [0.2, 0.25) is 0 Å². The molecule has 1 aliphatic rings. The first-order chi connectivity index (χ1) is 14.0. The van der Waals surface area contributed by atoms with E-state index in [1.165, 1.54) is 6.07 Å². The van der Waals surface area contributed by atoms with Gasteiger partial charge in [0.1, 0.15) is 23.5 Å². The van der Waals surface area contributed by atoms with Crippen LogP contribution < -0.4 is 15.0 Å². The number of hydrogen-bond donors (Lipinski definition) is 1. The van der Waals surface area contributed by atoms with Crippen LogP contribution in [0.5, 0.6) is 5.75 Å². The molecule has 0 radical (unpaired) electrons. The summed E-state index contributed by atoms with van der Waals surface area (Å²) >= 11 is 0. The molecular weight excluding hydrogens is 371 g/mol. The molecule has 0 unspecified atom stereocenters. The third-order valence-corrected chi connectivity index (χ3v) is 4.97. The van der Waals surface area contributed by atoms with E-state index in [0.717, 1.165) is 5.56 Å². The maximum Gasteiger partial charge on any atom is 0.230 e. The van der Waals surface area contributed by atoms with Crippen LogP contribution in [0.15, 0.2) is 37.2 Å². The zero-order valence-corrected chi connectivity index (χ0v) is 16.3. The average Bonchev–Trinajstić information content (AvgIpc) is 3.14. The third-order valence-electron chi connectivity index (χ3n) is 4.97. The zero-order valence-electron chi connectivity index (χ0n) is 16.3. The third kappa shape index (κ3) is 3.36. The summed E-state index contributed by atoms with van der Waals surface area (Å²) in [6.07, 6.45) is 3.33. The van der Waals surface area contributed by atoms with E-state index >= 15 is 0 Å². The van der Waals surface area contributed by atoms with E-state index in [1.807, 2.05) is 31.0 Å².